The van der Waals surface area contributed by atoms with Crippen molar-refractivity contribution in [1.82, 2.24) is 9.97 Å². The fourth-order valence-corrected chi connectivity index (χ4v) is 2.73. The van der Waals surface area contributed by atoms with E-state index in [-0.39, 0.29) is 36.2 Å². The lowest BCUT2D eigenvalue weighted by Gasteiger charge is -2.13. The lowest BCUT2D eigenvalue weighted by atomic mass is 10.2. The number of carboxylic acids is 1. The van der Waals surface area contributed by atoms with Crippen molar-refractivity contribution < 1.29 is 24.5 Å². The third-order valence-electron chi connectivity index (χ3n) is 4.11. The van der Waals surface area contributed by atoms with E-state index in [1.54, 1.807) is 36.4 Å². The van der Waals surface area contributed by atoms with Gasteiger partial charge >= 0.3 is 12.0 Å². The van der Waals surface area contributed by atoms with E-state index in [0.717, 1.165) is 0 Å². The maximum Gasteiger partial charge on any atom is 0.358 e. The minimum Gasteiger partial charge on any atom is -0.491 e. The average molecular weight is 423 g/mol. The fraction of sp³-hybridized carbons (Fsp3) is 0.143. The second kappa shape index (κ2) is 10.0. The Bertz CT molecular complexity index is 1060. The summed E-state index contributed by atoms with van der Waals surface area (Å²) in [7, 11) is 1.32. The van der Waals surface area contributed by atoms with Crippen LogP contribution in [0.5, 0.6) is 5.75 Å². The first-order valence-corrected chi connectivity index (χ1v) is 9.29. The van der Waals surface area contributed by atoms with Crippen LogP contribution in [-0.4, -0.2) is 52.4 Å². The molecule has 0 saturated heterocycles. The van der Waals surface area contributed by atoms with Crippen molar-refractivity contribution in [1.29, 1.82) is 0 Å². The molecule has 0 saturated carbocycles. The monoisotopic (exact) mass is 423 g/mol. The number of methoxy groups -OCH3 is 1. The van der Waals surface area contributed by atoms with Crippen LogP contribution >= 0.6 is 0 Å². The van der Waals surface area contributed by atoms with Crippen LogP contribution in [0.4, 0.5) is 22.0 Å². The normalized spacial score (nSPS) is 10.3. The minimum absolute atomic E-state index is 0.0273. The molecule has 1 aromatic heterocycles. The number of aliphatic hydroxyl groups is 1. The predicted molar refractivity (Wildman–Crippen MR) is 116 cm³/mol. The van der Waals surface area contributed by atoms with Crippen LogP contribution in [-0.2, 0) is 0 Å². The molecule has 0 aliphatic heterocycles. The van der Waals surface area contributed by atoms with Crippen LogP contribution in [0.2, 0.25) is 0 Å². The van der Waals surface area contributed by atoms with Gasteiger partial charge in [0.2, 0.25) is 0 Å². The third kappa shape index (κ3) is 5.46. The number of hydrogen-bond donors (Lipinski definition) is 5. The molecule has 2 amide bonds. The van der Waals surface area contributed by atoms with E-state index in [0.29, 0.717) is 16.9 Å². The number of carbonyl (C=O) groups excluding carboxylic acids is 1. The summed E-state index contributed by atoms with van der Waals surface area (Å²) < 4.78 is 5.13. The zero-order chi connectivity index (χ0) is 22.2. The molecule has 0 atom stereocenters. The highest BCUT2D eigenvalue weighted by atomic mass is 16.5. The van der Waals surface area contributed by atoms with Crippen molar-refractivity contribution in [2.75, 3.05) is 36.2 Å². The number of rotatable bonds is 8. The fourth-order valence-electron chi connectivity index (χ4n) is 2.73. The van der Waals surface area contributed by atoms with Crippen LogP contribution in [0.15, 0.2) is 54.6 Å². The van der Waals surface area contributed by atoms with E-state index >= 15 is 0 Å². The summed E-state index contributed by atoms with van der Waals surface area (Å²) in [6.45, 7) is -0.0123. The molecule has 0 fully saturated rings. The number of aromatic carboxylic acids is 1. The van der Waals surface area contributed by atoms with Gasteiger partial charge in [-0.2, -0.15) is 0 Å². The summed E-state index contributed by atoms with van der Waals surface area (Å²) in [6.07, 6.45) is 0. The van der Waals surface area contributed by atoms with E-state index in [4.69, 9.17) is 9.84 Å². The van der Waals surface area contributed by atoms with E-state index in [9.17, 15) is 14.7 Å². The predicted octanol–water partition coefficient (Wildman–Crippen LogP) is 2.90. The molecule has 160 valence electrons. The number of nitrogens with one attached hydrogen (secondary N) is 3. The van der Waals surface area contributed by atoms with Crippen molar-refractivity contribution in [3.63, 3.8) is 0 Å². The van der Waals surface area contributed by atoms with E-state index in [2.05, 4.69) is 25.9 Å². The van der Waals surface area contributed by atoms with Crippen LogP contribution in [0.3, 0.4) is 0 Å². The summed E-state index contributed by atoms with van der Waals surface area (Å²) in [6, 6.07) is 15.2. The van der Waals surface area contributed by atoms with Gasteiger partial charge in [-0.05, 0) is 36.4 Å². The highest BCUT2D eigenvalue weighted by Crippen LogP contribution is 2.29. The molecular formula is C21H21N5O5. The lowest BCUT2D eigenvalue weighted by Crippen LogP contribution is -2.19. The summed E-state index contributed by atoms with van der Waals surface area (Å²) in [5.41, 5.74) is 1.42. The van der Waals surface area contributed by atoms with Gasteiger partial charge in [0.1, 0.15) is 0 Å². The van der Waals surface area contributed by atoms with Crippen LogP contribution in [0.25, 0.3) is 11.4 Å². The maximum atomic E-state index is 12.1. The number of carboxylic acid groups (broad SMARTS) is 1. The molecule has 31 heavy (non-hydrogen) atoms. The number of para-hydroxylation sites is 1. The van der Waals surface area contributed by atoms with Crippen molar-refractivity contribution in [3.05, 3.63) is 60.3 Å². The number of nitrogens with zero attached hydrogens (tertiary/aromatic N) is 2. The highest BCUT2D eigenvalue weighted by molar-refractivity contribution is 5.99. The SMILES string of the molecule is COc1c(NCCO)nc(-c2ccc(NC(=O)Nc3ccccc3)cc2)nc1C(=O)O. The van der Waals surface area contributed by atoms with Crippen LogP contribution in [0.1, 0.15) is 10.5 Å². The molecule has 2 aromatic carbocycles. The molecule has 1 heterocycles. The lowest BCUT2D eigenvalue weighted by molar-refractivity contribution is 0.0686. The number of amides is 2. The molecular weight excluding hydrogens is 402 g/mol. The Labute approximate surface area is 177 Å². The highest BCUT2D eigenvalue weighted by Gasteiger charge is 2.21. The number of hydrogen-bond acceptors (Lipinski definition) is 7. The number of aliphatic hydroxyl groups excluding tert-OH is 1. The largest absolute Gasteiger partial charge is 0.491 e. The van der Waals surface area contributed by atoms with Gasteiger partial charge in [0.25, 0.3) is 0 Å². The van der Waals surface area contributed by atoms with E-state index in [1.165, 1.54) is 7.11 Å². The average Bonchev–Trinajstić information content (AvgIpc) is 2.78. The summed E-state index contributed by atoms with van der Waals surface area (Å²) in [4.78, 5) is 32.1. The zero-order valence-corrected chi connectivity index (χ0v) is 16.6. The standard InChI is InChI=1S/C21H21N5O5/c1-31-17-16(20(28)29)25-18(26-19(17)22-11-12-27)13-7-9-15(10-8-13)24-21(30)23-14-5-3-2-4-6-14/h2-10,27H,11-12H2,1H3,(H,28,29)(H,22,25,26)(H2,23,24,30). The maximum absolute atomic E-state index is 12.1. The van der Waals surface area contributed by atoms with Crippen molar-refractivity contribution in [2.24, 2.45) is 0 Å². The van der Waals surface area contributed by atoms with Gasteiger partial charge in [0.15, 0.2) is 23.1 Å². The molecule has 0 aliphatic rings. The van der Waals surface area contributed by atoms with Crippen molar-refractivity contribution >= 4 is 29.2 Å². The Morgan fingerprint density at radius 2 is 1.61 bits per heavy atom. The van der Waals surface area contributed by atoms with Gasteiger partial charge in [-0.25, -0.2) is 19.6 Å². The van der Waals surface area contributed by atoms with Gasteiger partial charge < -0.3 is 30.9 Å². The van der Waals surface area contributed by atoms with Gasteiger partial charge in [0, 0.05) is 23.5 Å². The summed E-state index contributed by atoms with van der Waals surface area (Å²) in [5, 5.41) is 26.8. The number of urea groups is 1. The number of carbonyl (C=O) groups is 2. The molecule has 10 heteroatoms. The first-order valence-electron chi connectivity index (χ1n) is 9.29. The van der Waals surface area contributed by atoms with E-state index < -0.39 is 12.0 Å². The van der Waals surface area contributed by atoms with E-state index in [1.807, 2.05) is 18.2 Å². The van der Waals surface area contributed by atoms with Crippen molar-refractivity contribution in [3.8, 4) is 17.1 Å². The second-order valence-electron chi connectivity index (χ2n) is 6.26. The Kier molecular flexibility index (Phi) is 6.97. The van der Waals surface area contributed by atoms with Crippen LogP contribution in [0, 0.1) is 0 Å². The topological polar surface area (TPSA) is 146 Å². The molecule has 0 bridgehead atoms. The molecule has 3 aromatic rings. The summed E-state index contributed by atoms with van der Waals surface area (Å²) >= 11 is 0. The first kappa shape index (κ1) is 21.5. The minimum atomic E-state index is -1.27. The quantitative estimate of drug-likeness (QED) is 0.372. The third-order valence-corrected chi connectivity index (χ3v) is 4.11. The number of aromatic nitrogens is 2. The number of anilines is 3. The Morgan fingerprint density at radius 1 is 0.968 bits per heavy atom. The molecule has 10 nitrogen and oxygen atoms in total. The Hall–Kier alpha value is -4.18. The van der Waals surface area contributed by atoms with Gasteiger partial charge in [-0.3, -0.25) is 0 Å². The summed E-state index contributed by atoms with van der Waals surface area (Å²) in [5.74, 6) is -0.994. The molecule has 5 N–H and O–H groups in total. The molecule has 0 unspecified atom stereocenters. The number of benzene rings is 2. The Balaban J connectivity index is 1.81. The molecule has 0 aliphatic carbocycles. The Morgan fingerprint density at radius 3 is 2.19 bits per heavy atom. The zero-order valence-electron chi connectivity index (χ0n) is 16.6. The van der Waals surface area contributed by atoms with Crippen molar-refractivity contribution in [2.45, 2.75) is 0 Å². The van der Waals surface area contributed by atoms with Crippen LogP contribution < -0.4 is 20.7 Å². The molecule has 0 radical (unpaired) electrons. The molecule has 3 rings (SSSR count). The second-order valence-corrected chi connectivity index (χ2v) is 6.26. The first-order chi connectivity index (χ1) is 15.0. The molecule has 0 spiro atoms. The van der Waals surface area contributed by atoms with Gasteiger partial charge in [-0.1, -0.05) is 18.2 Å². The smallest absolute Gasteiger partial charge is 0.358 e. The van der Waals surface area contributed by atoms with Gasteiger partial charge in [-0.15, -0.1) is 0 Å². The van der Waals surface area contributed by atoms with Gasteiger partial charge in [0.05, 0.1) is 13.7 Å². The number of ether oxygens (including phenoxy) is 1.